The van der Waals surface area contributed by atoms with Crippen LogP contribution in [-0.2, 0) is 9.59 Å². The lowest BCUT2D eigenvalue weighted by Crippen LogP contribution is -2.11. The number of primary amides is 1. The summed E-state index contributed by atoms with van der Waals surface area (Å²) in [5.74, 6) is -1.66. The number of benzene rings is 1. The zero-order valence-corrected chi connectivity index (χ0v) is 8.66. The monoisotopic (exact) mass is 222 g/mol. The first-order chi connectivity index (χ1) is 7.49. The number of halogens is 1. The smallest absolute Gasteiger partial charge is 0.248 e. The van der Waals surface area contributed by atoms with E-state index in [1.54, 1.807) is 19.1 Å². The lowest BCUT2D eigenvalue weighted by atomic mass is 10.2. The molecule has 0 atom stereocenters. The molecular formula is C11H11FN2O2. The molecule has 1 rings (SSSR count). The van der Waals surface area contributed by atoms with Crippen LogP contribution in [0.5, 0.6) is 0 Å². The first-order valence-electron chi connectivity index (χ1n) is 4.53. The van der Waals surface area contributed by atoms with Crippen molar-refractivity contribution in [2.24, 2.45) is 5.73 Å². The number of anilines is 1. The summed E-state index contributed by atoms with van der Waals surface area (Å²) in [5, 5.41) is 2.39. The van der Waals surface area contributed by atoms with E-state index in [0.717, 1.165) is 12.2 Å². The summed E-state index contributed by atoms with van der Waals surface area (Å²) in [6.45, 7) is 1.62. The van der Waals surface area contributed by atoms with E-state index in [9.17, 15) is 14.0 Å². The minimum absolute atomic E-state index is 0.322. The van der Waals surface area contributed by atoms with E-state index in [2.05, 4.69) is 5.32 Å². The summed E-state index contributed by atoms with van der Waals surface area (Å²) in [7, 11) is 0. The topological polar surface area (TPSA) is 72.2 Å². The predicted octanol–water partition coefficient (Wildman–Crippen LogP) is 1.11. The second-order valence-electron chi connectivity index (χ2n) is 3.19. The average molecular weight is 222 g/mol. The predicted molar refractivity (Wildman–Crippen MR) is 58.1 cm³/mol. The number of nitrogens with one attached hydrogen (secondary N) is 1. The van der Waals surface area contributed by atoms with Gasteiger partial charge in [0.05, 0.1) is 0 Å². The third-order valence-electron chi connectivity index (χ3n) is 1.84. The normalized spacial score (nSPS) is 10.4. The highest BCUT2D eigenvalue weighted by Crippen LogP contribution is 2.13. The van der Waals surface area contributed by atoms with Crippen molar-refractivity contribution in [3.8, 4) is 0 Å². The summed E-state index contributed by atoms with van der Waals surface area (Å²) in [5.41, 5.74) is 5.63. The van der Waals surface area contributed by atoms with Gasteiger partial charge in [-0.05, 0) is 24.6 Å². The van der Waals surface area contributed by atoms with Gasteiger partial charge < -0.3 is 11.1 Å². The summed E-state index contributed by atoms with van der Waals surface area (Å²) in [4.78, 5) is 21.5. The minimum atomic E-state index is -0.717. The second-order valence-corrected chi connectivity index (χ2v) is 3.19. The van der Waals surface area contributed by atoms with Gasteiger partial charge >= 0.3 is 0 Å². The average Bonchev–Trinajstić information content (AvgIpc) is 2.21. The second kappa shape index (κ2) is 5.06. The Balaban J connectivity index is 2.70. The van der Waals surface area contributed by atoms with Crippen molar-refractivity contribution in [3.05, 3.63) is 41.7 Å². The van der Waals surface area contributed by atoms with Gasteiger partial charge in [0.2, 0.25) is 11.8 Å². The fourth-order valence-corrected chi connectivity index (χ4v) is 1.01. The molecule has 1 aromatic carbocycles. The van der Waals surface area contributed by atoms with E-state index in [1.807, 2.05) is 0 Å². The Labute approximate surface area is 91.9 Å². The van der Waals surface area contributed by atoms with Gasteiger partial charge in [0.1, 0.15) is 5.82 Å². The van der Waals surface area contributed by atoms with Crippen molar-refractivity contribution in [2.45, 2.75) is 6.92 Å². The molecule has 2 amide bonds. The number of hydrogen-bond donors (Lipinski definition) is 2. The fourth-order valence-electron chi connectivity index (χ4n) is 1.01. The number of rotatable bonds is 3. The molecule has 0 aliphatic heterocycles. The largest absolute Gasteiger partial charge is 0.366 e. The van der Waals surface area contributed by atoms with Crippen molar-refractivity contribution in [1.82, 2.24) is 0 Å². The Morgan fingerprint density at radius 3 is 2.62 bits per heavy atom. The van der Waals surface area contributed by atoms with E-state index in [1.165, 1.54) is 6.07 Å². The summed E-state index contributed by atoms with van der Waals surface area (Å²) >= 11 is 0. The molecule has 0 heterocycles. The van der Waals surface area contributed by atoms with Crippen LogP contribution >= 0.6 is 0 Å². The molecule has 0 spiro atoms. The highest BCUT2D eigenvalue weighted by molar-refractivity contribution is 6.03. The Hall–Kier alpha value is -2.17. The SMILES string of the molecule is Cc1ccc(NC(=O)C=CC(N)=O)cc1F. The number of nitrogens with two attached hydrogens (primary N) is 1. The van der Waals surface area contributed by atoms with Crippen molar-refractivity contribution in [2.75, 3.05) is 5.32 Å². The number of aryl methyl sites for hydroxylation is 1. The Morgan fingerprint density at radius 2 is 2.06 bits per heavy atom. The fraction of sp³-hybridized carbons (Fsp3) is 0.0909. The molecular weight excluding hydrogens is 211 g/mol. The first kappa shape index (κ1) is 11.9. The van der Waals surface area contributed by atoms with E-state index in [0.29, 0.717) is 11.3 Å². The number of hydrogen-bond acceptors (Lipinski definition) is 2. The van der Waals surface area contributed by atoms with Crippen LogP contribution in [0.1, 0.15) is 5.56 Å². The molecule has 0 bridgehead atoms. The number of carbonyl (C=O) groups excluding carboxylic acids is 2. The quantitative estimate of drug-likeness (QED) is 0.752. The van der Waals surface area contributed by atoms with Crippen LogP contribution in [-0.4, -0.2) is 11.8 Å². The van der Waals surface area contributed by atoms with Crippen molar-refractivity contribution >= 4 is 17.5 Å². The first-order valence-corrected chi connectivity index (χ1v) is 4.53. The van der Waals surface area contributed by atoms with Gasteiger partial charge in [-0.25, -0.2) is 4.39 Å². The molecule has 16 heavy (non-hydrogen) atoms. The number of carbonyl (C=O) groups is 2. The molecule has 0 unspecified atom stereocenters. The maximum Gasteiger partial charge on any atom is 0.248 e. The Morgan fingerprint density at radius 1 is 1.38 bits per heavy atom. The van der Waals surface area contributed by atoms with Gasteiger partial charge in [-0.1, -0.05) is 6.07 Å². The van der Waals surface area contributed by atoms with Crippen LogP contribution < -0.4 is 11.1 Å². The minimum Gasteiger partial charge on any atom is -0.366 e. The van der Waals surface area contributed by atoms with Gasteiger partial charge in [-0.2, -0.15) is 0 Å². The zero-order chi connectivity index (χ0) is 12.1. The van der Waals surface area contributed by atoms with Crippen molar-refractivity contribution in [3.63, 3.8) is 0 Å². The molecule has 0 aromatic heterocycles. The van der Waals surface area contributed by atoms with Crippen LogP contribution in [0.4, 0.5) is 10.1 Å². The third-order valence-corrected chi connectivity index (χ3v) is 1.84. The number of amides is 2. The summed E-state index contributed by atoms with van der Waals surface area (Å²) in [6.07, 6.45) is 1.92. The molecule has 5 heteroatoms. The molecule has 3 N–H and O–H groups in total. The van der Waals surface area contributed by atoms with Gasteiger partial charge in [-0.3, -0.25) is 9.59 Å². The van der Waals surface area contributed by atoms with Crippen LogP contribution in [0.15, 0.2) is 30.4 Å². The van der Waals surface area contributed by atoms with Gasteiger partial charge in [0, 0.05) is 17.8 Å². The van der Waals surface area contributed by atoms with Gasteiger partial charge in [-0.15, -0.1) is 0 Å². The third kappa shape index (κ3) is 3.53. The van der Waals surface area contributed by atoms with Crippen molar-refractivity contribution < 1.29 is 14.0 Å². The molecule has 84 valence electrons. The van der Waals surface area contributed by atoms with E-state index in [4.69, 9.17) is 5.73 Å². The van der Waals surface area contributed by atoms with E-state index < -0.39 is 17.6 Å². The van der Waals surface area contributed by atoms with Crippen LogP contribution in [0, 0.1) is 12.7 Å². The van der Waals surface area contributed by atoms with Crippen LogP contribution in [0.2, 0.25) is 0 Å². The summed E-state index contributed by atoms with van der Waals surface area (Å²) < 4.78 is 13.1. The Kier molecular flexibility index (Phi) is 3.77. The lowest BCUT2D eigenvalue weighted by Gasteiger charge is -2.03. The maximum atomic E-state index is 13.1. The van der Waals surface area contributed by atoms with Crippen LogP contribution in [0.25, 0.3) is 0 Å². The summed E-state index contributed by atoms with van der Waals surface area (Å²) in [6, 6.07) is 4.31. The molecule has 0 aliphatic carbocycles. The highest BCUT2D eigenvalue weighted by atomic mass is 19.1. The van der Waals surface area contributed by atoms with Crippen molar-refractivity contribution in [1.29, 1.82) is 0 Å². The van der Waals surface area contributed by atoms with E-state index >= 15 is 0 Å². The van der Waals surface area contributed by atoms with E-state index in [-0.39, 0.29) is 0 Å². The van der Waals surface area contributed by atoms with Gasteiger partial charge in [0.25, 0.3) is 0 Å². The molecule has 1 aromatic rings. The zero-order valence-electron chi connectivity index (χ0n) is 8.66. The van der Waals surface area contributed by atoms with Crippen LogP contribution in [0.3, 0.4) is 0 Å². The maximum absolute atomic E-state index is 13.1. The molecule has 0 fully saturated rings. The Bertz CT molecular complexity index is 455. The molecule has 0 saturated heterocycles. The standard InChI is InChI=1S/C11H11FN2O2/c1-7-2-3-8(6-9(7)12)14-11(16)5-4-10(13)15/h2-6H,1H3,(H2,13,15)(H,14,16). The highest BCUT2D eigenvalue weighted by Gasteiger charge is 2.01. The molecule has 0 saturated carbocycles. The molecule has 0 radical (unpaired) electrons. The molecule has 4 nitrogen and oxygen atoms in total. The lowest BCUT2D eigenvalue weighted by molar-refractivity contribution is -0.115. The molecule has 0 aliphatic rings. The van der Waals surface area contributed by atoms with Gasteiger partial charge in [0.15, 0.2) is 0 Å².